The molecule has 1 N–H and O–H groups in total. The number of aliphatic hydroxyl groups is 1. The molecule has 1 aliphatic heterocycles. The van der Waals surface area contributed by atoms with Crippen molar-refractivity contribution in [2.45, 2.75) is 57.6 Å². The highest BCUT2D eigenvalue weighted by Crippen LogP contribution is 2.29. The van der Waals surface area contributed by atoms with Gasteiger partial charge in [-0.25, -0.2) is 0 Å². The maximum Gasteiger partial charge on any atom is 0.303 e. The predicted molar refractivity (Wildman–Crippen MR) is 80.2 cm³/mol. The van der Waals surface area contributed by atoms with Crippen LogP contribution in [0.1, 0.15) is 20.8 Å². The fourth-order valence-electron chi connectivity index (χ4n) is 2.61. The molecule has 1 fully saturated rings. The van der Waals surface area contributed by atoms with Crippen LogP contribution in [0.25, 0.3) is 0 Å². The van der Waals surface area contributed by atoms with E-state index in [9.17, 15) is 19.5 Å². The smallest absolute Gasteiger partial charge is 0.303 e. The first-order valence-corrected chi connectivity index (χ1v) is 7.58. The van der Waals surface area contributed by atoms with Gasteiger partial charge in [-0.2, -0.15) is 0 Å². The molecule has 25 heavy (non-hydrogen) atoms. The fourth-order valence-corrected chi connectivity index (χ4v) is 2.61. The molecule has 144 valence electrons. The Balaban J connectivity index is 3.06. The number of rotatable bonds is 7. The third-order valence-corrected chi connectivity index (χ3v) is 3.53. The van der Waals surface area contributed by atoms with Crippen molar-refractivity contribution in [1.29, 1.82) is 0 Å². The number of ether oxygens (including phenoxy) is 6. The number of carbonyl (C=O) groups excluding carboxylic acids is 3. The Hall–Kier alpha value is -1.75. The maximum absolute atomic E-state index is 11.4. The summed E-state index contributed by atoms with van der Waals surface area (Å²) >= 11 is 0. The second-order valence-corrected chi connectivity index (χ2v) is 5.42. The van der Waals surface area contributed by atoms with E-state index in [0.717, 1.165) is 0 Å². The lowest BCUT2D eigenvalue weighted by Gasteiger charge is -2.44. The van der Waals surface area contributed by atoms with E-state index in [1.165, 1.54) is 35.0 Å². The van der Waals surface area contributed by atoms with Crippen molar-refractivity contribution < 1.29 is 47.9 Å². The van der Waals surface area contributed by atoms with Crippen molar-refractivity contribution in [3.05, 3.63) is 0 Å². The summed E-state index contributed by atoms with van der Waals surface area (Å²) in [4.78, 5) is 33.7. The zero-order chi connectivity index (χ0) is 19.1. The van der Waals surface area contributed by atoms with Crippen LogP contribution in [0, 0.1) is 0 Å². The third-order valence-electron chi connectivity index (χ3n) is 3.53. The standard InChI is InChI=1S/C15H24O10/c1-7(16)22-6-10(23-8(2)17)11-12(20-4)13(21-5)14(15(19)25-11)24-9(3)18/h10-15,19H,6H2,1-5H3/t10-,11-,12-,13+,14-,15?/m1/s1. The number of methoxy groups -OCH3 is 2. The van der Waals surface area contributed by atoms with E-state index in [1.807, 2.05) is 0 Å². The zero-order valence-corrected chi connectivity index (χ0v) is 14.8. The topological polar surface area (TPSA) is 127 Å². The summed E-state index contributed by atoms with van der Waals surface area (Å²) in [6, 6.07) is 0. The van der Waals surface area contributed by atoms with Crippen LogP contribution in [0.3, 0.4) is 0 Å². The first-order chi connectivity index (χ1) is 11.7. The van der Waals surface area contributed by atoms with Gasteiger partial charge in [-0.3, -0.25) is 14.4 Å². The Morgan fingerprint density at radius 2 is 1.56 bits per heavy atom. The first kappa shape index (κ1) is 21.3. The van der Waals surface area contributed by atoms with E-state index in [-0.39, 0.29) is 6.61 Å². The highest BCUT2D eigenvalue weighted by atomic mass is 16.7. The Morgan fingerprint density at radius 3 is 2.00 bits per heavy atom. The molecule has 0 bridgehead atoms. The SMILES string of the molecule is CO[C@@H]1[C@@H]([C@@H](COC(C)=O)OC(C)=O)OC(O)[C@H](OC(C)=O)[C@H]1OC. The summed E-state index contributed by atoms with van der Waals surface area (Å²) in [7, 11) is 2.70. The van der Waals surface area contributed by atoms with Gasteiger partial charge in [-0.05, 0) is 0 Å². The van der Waals surface area contributed by atoms with Crippen molar-refractivity contribution in [2.24, 2.45) is 0 Å². The number of esters is 3. The first-order valence-electron chi connectivity index (χ1n) is 7.58. The second kappa shape index (κ2) is 9.66. The van der Waals surface area contributed by atoms with Crippen LogP contribution in [-0.4, -0.2) is 80.7 Å². The fraction of sp³-hybridized carbons (Fsp3) is 0.800. The van der Waals surface area contributed by atoms with Crippen molar-refractivity contribution in [3.8, 4) is 0 Å². The Morgan fingerprint density at radius 1 is 0.960 bits per heavy atom. The summed E-state index contributed by atoms with van der Waals surface area (Å²) in [6.07, 6.45) is -6.57. The summed E-state index contributed by atoms with van der Waals surface area (Å²) in [6.45, 7) is 3.25. The minimum Gasteiger partial charge on any atom is -0.462 e. The van der Waals surface area contributed by atoms with Crippen LogP contribution in [0.5, 0.6) is 0 Å². The summed E-state index contributed by atoms with van der Waals surface area (Å²) in [5, 5.41) is 10.2. The number of carbonyl (C=O) groups is 3. The molecule has 0 amide bonds. The molecule has 0 spiro atoms. The average Bonchev–Trinajstić information content (AvgIpc) is 2.51. The molecule has 6 atom stereocenters. The lowest BCUT2D eigenvalue weighted by molar-refractivity contribution is -0.309. The second-order valence-electron chi connectivity index (χ2n) is 5.42. The van der Waals surface area contributed by atoms with Crippen LogP contribution < -0.4 is 0 Å². The molecule has 0 aromatic rings. The van der Waals surface area contributed by atoms with Crippen molar-refractivity contribution in [3.63, 3.8) is 0 Å². The predicted octanol–water partition coefficient (Wildman–Crippen LogP) is -0.840. The molecule has 10 heteroatoms. The van der Waals surface area contributed by atoms with Gasteiger partial charge < -0.3 is 33.5 Å². The van der Waals surface area contributed by atoms with Gasteiger partial charge in [-0.15, -0.1) is 0 Å². The Labute approximate surface area is 145 Å². The Bertz CT molecular complexity index is 479. The number of hydrogen-bond donors (Lipinski definition) is 1. The Kier molecular flexibility index (Phi) is 8.23. The van der Waals surface area contributed by atoms with Gasteiger partial charge >= 0.3 is 17.9 Å². The maximum atomic E-state index is 11.4. The molecule has 1 unspecified atom stereocenters. The van der Waals surface area contributed by atoms with E-state index >= 15 is 0 Å². The van der Waals surface area contributed by atoms with Gasteiger partial charge in [-0.1, -0.05) is 0 Å². The van der Waals surface area contributed by atoms with Gasteiger partial charge in [0.05, 0.1) is 0 Å². The van der Waals surface area contributed by atoms with Crippen LogP contribution in [0.2, 0.25) is 0 Å². The van der Waals surface area contributed by atoms with Crippen LogP contribution in [-0.2, 0) is 42.8 Å². The lowest BCUT2D eigenvalue weighted by Crippen LogP contribution is -2.63. The van der Waals surface area contributed by atoms with Gasteiger partial charge in [0.2, 0.25) is 0 Å². The summed E-state index contributed by atoms with van der Waals surface area (Å²) in [5.74, 6) is -1.86. The molecule has 0 aliphatic carbocycles. The van der Waals surface area contributed by atoms with Gasteiger partial charge in [0, 0.05) is 35.0 Å². The average molecular weight is 364 g/mol. The van der Waals surface area contributed by atoms with Gasteiger partial charge in [0.15, 0.2) is 18.5 Å². The van der Waals surface area contributed by atoms with E-state index < -0.39 is 54.7 Å². The minimum atomic E-state index is -1.55. The highest BCUT2D eigenvalue weighted by Gasteiger charge is 2.51. The van der Waals surface area contributed by atoms with Crippen LogP contribution >= 0.6 is 0 Å². The van der Waals surface area contributed by atoms with E-state index in [4.69, 9.17) is 28.4 Å². The largest absolute Gasteiger partial charge is 0.462 e. The van der Waals surface area contributed by atoms with Gasteiger partial charge in [0.25, 0.3) is 0 Å². The number of aliphatic hydroxyl groups excluding tert-OH is 1. The van der Waals surface area contributed by atoms with E-state index in [0.29, 0.717) is 0 Å². The van der Waals surface area contributed by atoms with Crippen LogP contribution in [0.4, 0.5) is 0 Å². The zero-order valence-electron chi connectivity index (χ0n) is 14.8. The van der Waals surface area contributed by atoms with Crippen molar-refractivity contribution in [2.75, 3.05) is 20.8 Å². The quantitative estimate of drug-likeness (QED) is 0.451. The normalized spacial score (nSPS) is 30.2. The minimum absolute atomic E-state index is 0.305. The molecule has 10 nitrogen and oxygen atoms in total. The highest BCUT2D eigenvalue weighted by molar-refractivity contribution is 5.67. The lowest BCUT2D eigenvalue weighted by atomic mass is 9.94. The number of hydrogen-bond acceptors (Lipinski definition) is 10. The molecule has 0 saturated carbocycles. The molecule has 0 aromatic carbocycles. The van der Waals surface area contributed by atoms with Crippen molar-refractivity contribution in [1.82, 2.24) is 0 Å². The molecule has 1 saturated heterocycles. The van der Waals surface area contributed by atoms with Crippen LogP contribution in [0.15, 0.2) is 0 Å². The molecule has 0 aromatic heterocycles. The molecular weight excluding hydrogens is 340 g/mol. The molecule has 1 rings (SSSR count). The van der Waals surface area contributed by atoms with Crippen molar-refractivity contribution >= 4 is 17.9 Å². The van der Waals surface area contributed by atoms with E-state index in [1.54, 1.807) is 0 Å². The molecular formula is C15H24O10. The summed E-state index contributed by atoms with van der Waals surface area (Å²) < 4.78 is 31.1. The molecule has 0 radical (unpaired) electrons. The van der Waals surface area contributed by atoms with E-state index in [2.05, 4.69) is 0 Å². The molecule has 1 aliphatic rings. The summed E-state index contributed by atoms with van der Waals surface area (Å²) in [5.41, 5.74) is 0. The van der Waals surface area contributed by atoms with Gasteiger partial charge in [0.1, 0.15) is 24.9 Å². The monoisotopic (exact) mass is 364 g/mol. The third kappa shape index (κ3) is 5.92. The molecule has 1 heterocycles.